The van der Waals surface area contributed by atoms with Crippen molar-refractivity contribution in [1.82, 2.24) is 19.9 Å². The van der Waals surface area contributed by atoms with Gasteiger partial charge in [0.1, 0.15) is 0 Å². The molecular formula is C21H26N4O3S. The first-order chi connectivity index (χ1) is 14.1. The van der Waals surface area contributed by atoms with Crippen molar-refractivity contribution in [2.24, 2.45) is 5.41 Å². The minimum atomic E-state index is -0.374. The van der Waals surface area contributed by atoms with Gasteiger partial charge in [-0.25, -0.2) is 0 Å². The molecule has 3 heterocycles. The van der Waals surface area contributed by atoms with Crippen LogP contribution in [-0.2, 0) is 21.8 Å². The summed E-state index contributed by atoms with van der Waals surface area (Å²) in [4.78, 5) is 33.6. The van der Waals surface area contributed by atoms with Crippen molar-refractivity contribution < 1.29 is 14.1 Å². The van der Waals surface area contributed by atoms with Gasteiger partial charge in [0, 0.05) is 26.2 Å². The summed E-state index contributed by atoms with van der Waals surface area (Å²) in [5.41, 5.74) is 0.874. The molecule has 0 saturated carbocycles. The lowest BCUT2D eigenvalue weighted by molar-refractivity contribution is -0.136. The van der Waals surface area contributed by atoms with Crippen LogP contribution in [0.5, 0.6) is 0 Å². The zero-order valence-electron chi connectivity index (χ0n) is 16.7. The Morgan fingerprint density at radius 3 is 2.79 bits per heavy atom. The van der Waals surface area contributed by atoms with Crippen LogP contribution in [-0.4, -0.2) is 63.7 Å². The third-order valence-electron chi connectivity index (χ3n) is 5.84. The molecule has 0 bridgehead atoms. The van der Waals surface area contributed by atoms with Gasteiger partial charge in [0.05, 0.1) is 16.9 Å². The highest BCUT2D eigenvalue weighted by Gasteiger charge is 2.51. The number of thioether (sulfide) groups is 1. The van der Waals surface area contributed by atoms with Gasteiger partial charge in [0.2, 0.25) is 17.7 Å². The number of carbonyl (C=O) groups is 2. The fourth-order valence-corrected chi connectivity index (χ4v) is 4.95. The van der Waals surface area contributed by atoms with Crippen LogP contribution in [0.3, 0.4) is 0 Å². The molecule has 7 nitrogen and oxygen atoms in total. The van der Waals surface area contributed by atoms with E-state index in [1.54, 1.807) is 6.92 Å². The molecule has 2 aromatic rings. The number of rotatable bonds is 7. The number of hydrogen-bond donors (Lipinski definition) is 0. The first-order valence-electron chi connectivity index (χ1n) is 10.0. The highest BCUT2D eigenvalue weighted by molar-refractivity contribution is 7.99. The quantitative estimate of drug-likeness (QED) is 0.692. The molecule has 0 aliphatic carbocycles. The van der Waals surface area contributed by atoms with Gasteiger partial charge in [-0.05, 0) is 31.7 Å². The average molecular weight is 415 g/mol. The Balaban J connectivity index is 1.25. The van der Waals surface area contributed by atoms with E-state index in [4.69, 9.17) is 4.52 Å². The smallest absolute Gasteiger partial charge is 0.236 e. The van der Waals surface area contributed by atoms with Crippen LogP contribution in [0.15, 0.2) is 34.9 Å². The molecule has 2 aliphatic rings. The van der Waals surface area contributed by atoms with Crippen molar-refractivity contribution in [1.29, 1.82) is 0 Å². The lowest BCUT2D eigenvalue weighted by Crippen LogP contribution is -2.39. The van der Waals surface area contributed by atoms with E-state index in [-0.39, 0.29) is 17.2 Å². The molecule has 2 aliphatic heterocycles. The van der Waals surface area contributed by atoms with Crippen LogP contribution in [0, 0.1) is 12.3 Å². The standard InChI is InChI=1S/C21H26N4O3S/c1-16-22-18(28-23-16)13-29-14-19(26)25-12-9-21(15-25)8-11-24(20(21)27)10-7-17-5-3-2-4-6-17/h2-6H,7-15H2,1H3. The zero-order valence-corrected chi connectivity index (χ0v) is 17.5. The number of benzene rings is 1. The second kappa shape index (κ2) is 8.57. The largest absolute Gasteiger partial charge is 0.342 e. The Labute approximate surface area is 174 Å². The fourth-order valence-electron chi connectivity index (χ4n) is 4.19. The molecule has 8 heteroatoms. The van der Waals surface area contributed by atoms with E-state index in [2.05, 4.69) is 22.3 Å². The van der Waals surface area contributed by atoms with E-state index in [0.29, 0.717) is 36.3 Å². The van der Waals surface area contributed by atoms with Gasteiger partial charge in [0.25, 0.3) is 0 Å². The number of amides is 2. The molecule has 0 N–H and O–H groups in total. The first-order valence-corrected chi connectivity index (χ1v) is 11.2. The molecule has 2 fully saturated rings. The highest BCUT2D eigenvalue weighted by atomic mass is 32.2. The van der Waals surface area contributed by atoms with Gasteiger partial charge >= 0.3 is 0 Å². The number of hydrogen-bond acceptors (Lipinski definition) is 6. The van der Waals surface area contributed by atoms with E-state index in [0.717, 1.165) is 32.4 Å². The van der Waals surface area contributed by atoms with E-state index in [9.17, 15) is 9.59 Å². The molecule has 154 valence electrons. The summed E-state index contributed by atoms with van der Waals surface area (Å²) in [6.45, 7) is 4.52. The van der Waals surface area contributed by atoms with Crippen molar-refractivity contribution in [2.75, 3.05) is 31.9 Å². The minimum Gasteiger partial charge on any atom is -0.342 e. The monoisotopic (exact) mass is 414 g/mol. The number of aromatic nitrogens is 2. The SMILES string of the molecule is Cc1noc(CSCC(=O)N2CCC3(CCN(CCc4ccccc4)C3=O)C2)n1. The first kappa shape index (κ1) is 19.9. The van der Waals surface area contributed by atoms with Crippen LogP contribution >= 0.6 is 11.8 Å². The van der Waals surface area contributed by atoms with E-state index >= 15 is 0 Å². The van der Waals surface area contributed by atoms with Crippen LogP contribution in [0.1, 0.15) is 30.1 Å². The minimum absolute atomic E-state index is 0.0821. The average Bonchev–Trinajstić information content (AvgIpc) is 3.43. The summed E-state index contributed by atoms with van der Waals surface area (Å²) in [5, 5.41) is 3.75. The second-order valence-corrected chi connectivity index (χ2v) is 8.84. The molecule has 29 heavy (non-hydrogen) atoms. The Morgan fingerprint density at radius 2 is 2.03 bits per heavy atom. The molecule has 1 spiro atoms. The van der Waals surface area contributed by atoms with Crippen molar-refractivity contribution in [3.8, 4) is 0 Å². The Hall–Kier alpha value is -2.35. The predicted molar refractivity (Wildman–Crippen MR) is 110 cm³/mol. The molecule has 1 unspecified atom stereocenters. The van der Waals surface area contributed by atoms with Crippen LogP contribution in [0.25, 0.3) is 0 Å². The molecule has 1 aromatic carbocycles. The third kappa shape index (κ3) is 4.47. The second-order valence-electron chi connectivity index (χ2n) is 7.85. The predicted octanol–water partition coefficient (Wildman–Crippen LogP) is 2.30. The summed E-state index contributed by atoms with van der Waals surface area (Å²) in [5.74, 6) is 2.33. The van der Waals surface area contributed by atoms with E-state index in [1.807, 2.05) is 28.0 Å². The summed E-state index contributed by atoms with van der Waals surface area (Å²) in [7, 11) is 0. The van der Waals surface area contributed by atoms with Crippen molar-refractivity contribution in [2.45, 2.75) is 31.9 Å². The summed E-state index contributed by atoms with van der Waals surface area (Å²) < 4.78 is 5.07. The molecule has 2 amide bonds. The van der Waals surface area contributed by atoms with Crippen molar-refractivity contribution >= 4 is 23.6 Å². The van der Waals surface area contributed by atoms with Gasteiger partial charge in [-0.3, -0.25) is 9.59 Å². The van der Waals surface area contributed by atoms with Gasteiger partial charge in [-0.15, -0.1) is 11.8 Å². The van der Waals surface area contributed by atoms with E-state index < -0.39 is 0 Å². The highest BCUT2D eigenvalue weighted by Crippen LogP contribution is 2.40. The lowest BCUT2D eigenvalue weighted by Gasteiger charge is -2.23. The number of likely N-dealkylation sites (tertiary alicyclic amines) is 2. The zero-order chi connectivity index (χ0) is 20.3. The Bertz CT molecular complexity index is 872. The van der Waals surface area contributed by atoms with Gasteiger partial charge in [-0.2, -0.15) is 4.98 Å². The number of nitrogens with zero attached hydrogens (tertiary/aromatic N) is 4. The molecular weight excluding hydrogens is 388 g/mol. The molecule has 2 saturated heterocycles. The molecule has 0 radical (unpaired) electrons. The van der Waals surface area contributed by atoms with Crippen LogP contribution < -0.4 is 0 Å². The summed E-state index contributed by atoms with van der Waals surface area (Å²) in [6, 6.07) is 10.3. The van der Waals surface area contributed by atoms with Crippen LogP contribution in [0.2, 0.25) is 0 Å². The van der Waals surface area contributed by atoms with Crippen molar-refractivity contribution in [3.63, 3.8) is 0 Å². The van der Waals surface area contributed by atoms with Gasteiger partial charge in [-0.1, -0.05) is 35.5 Å². The maximum Gasteiger partial charge on any atom is 0.236 e. The van der Waals surface area contributed by atoms with Gasteiger partial charge in [0.15, 0.2) is 5.82 Å². The molecule has 1 atom stereocenters. The Kier molecular flexibility index (Phi) is 5.89. The van der Waals surface area contributed by atoms with Crippen LogP contribution in [0.4, 0.5) is 0 Å². The lowest BCUT2D eigenvalue weighted by atomic mass is 9.85. The summed E-state index contributed by atoms with van der Waals surface area (Å²) >= 11 is 1.47. The molecule has 1 aromatic heterocycles. The normalized spacial score (nSPS) is 21.5. The fraction of sp³-hybridized carbons (Fsp3) is 0.524. The van der Waals surface area contributed by atoms with Crippen molar-refractivity contribution in [3.05, 3.63) is 47.6 Å². The maximum absolute atomic E-state index is 13.1. The topological polar surface area (TPSA) is 79.5 Å². The Morgan fingerprint density at radius 1 is 1.24 bits per heavy atom. The maximum atomic E-state index is 13.1. The van der Waals surface area contributed by atoms with Gasteiger partial charge < -0.3 is 14.3 Å². The third-order valence-corrected chi connectivity index (χ3v) is 6.74. The number of aryl methyl sites for hydroxylation is 1. The van der Waals surface area contributed by atoms with E-state index in [1.165, 1.54) is 17.3 Å². The molecule has 4 rings (SSSR count). The summed E-state index contributed by atoms with van der Waals surface area (Å²) in [6.07, 6.45) is 2.49. The number of carbonyl (C=O) groups excluding carboxylic acids is 2.